The molecule has 1 aromatic rings. The first-order valence-corrected chi connectivity index (χ1v) is 7.93. The molecule has 0 saturated heterocycles. The number of carbonyl (C=O) groups excluding carboxylic acids is 1. The molecule has 0 radical (unpaired) electrons. The number of unbranched alkanes of at least 4 members (excludes halogenated alkanes) is 5. The van der Waals surface area contributed by atoms with Gasteiger partial charge in [0.1, 0.15) is 0 Å². The Labute approximate surface area is 140 Å². The third kappa shape index (κ3) is 16.6. The van der Waals surface area contributed by atoms with Crippen molar-refractivity contribution in [2.24, 2.45) is 0 Å². The number of nitrogens with zero attached hydrogens (tertiary/aromatic N) is 1. The number of H-pyrrole nitrogens is 1. The molecule has 1 aromatic heterocycles. The Morgan fingerprint density at radius 1 is 1.12 bits per heavy atom. The molecule has 0 bridgehead atoms. The third-order valence-electron chi connectivity index (χ3n) is 2.98. The number of carbonyl (C=O) groups is 1. The summed E-state index contributed by atoms with van der Waals surface area (Å²) in [5.41, 5.74) is 0.474. The van der Waals surface area contributed by atoms with E-state index in [0.717, 1.165) is 19.4 Å². The fraction of sp³-hybridized carbons (Fsp3) is 0.600. The van der Waals surface area contributed by atoms with Crippen LogP contribution in [-0.2, 0) is 16.1 Å². The molecule has 0 saturated carbocycles. The van der Waals surface area contributed by atoms with E-state index in [2.05, 4.69) is 22.6 Å². The van der Waals surface area contributed by atoms with Gasteiger partial charge in [-0.25, -0.2) is 4.79 Å². The molecule has 1 heterocycles. The van der Waals surface area contributed by atoms with E-state index in [9.17, 15) is 22.1 Å². The van der Waals surface area contributed by atoms with Gasteiger partial charge in [-0.15, -0.1) is 4.68 Å². The summed E-state index contributed by atoms with van der Waals surface area (Å²) in [5, 5.41) is 3.14. The number of esters is 1. The van der Waals surface area contributed by atoms with Crippen LogP contribution in [0.1, 0.15) is 45.4 Å². The van der Waals surface area contributed by atoms with Gasteiger partial charge in [0, 0.05) is 18.1 Å². The minimum Gasteiger partial charge on any atom is -0.462 e. The minimum atomic E-state index is -6.00. The van der Waals surface area contributed by atoms with Gasteiger partial charge in [-0.2, -0.15) is 5.10 Å². The highest BCUT2D eigenvalue weighted by atomic mass is 19.5. The summed E-state index contributed by atoms with van der Waals surface area (Å²) >= 11 is 0. The van der Waals surface area contributed by atoms with Crippen molar-refractivity contribution in [1.82, 2.24) is 5.10 Å². The Balaban J connectivity index is 0.000000922. The third-order valence-corrected chi connectivity index (χ3v) is 2.98. The molecule has 9 heteroatoms. The maximum Gasteiger partial charge on any atom is 0.673 e. The van der Waals surface area contributed by atoms with Gasteiger partial charge >= 0.3 is 13.2 Å². The molecular formula is C15H25BF4N2O2. The molecule has 0 amide bonds. The second kappa shape index (κ2) is 12.6. The summed E-state index contributed by atoms with van der Waals surface area (Å²) in [6, 6.07) is 2.01. The molecule has 1 N–H and O–H groups in total. The standard InChI is InChI=1S/C15H24N2O2.BF4/c1-14(2)15(18)19-13-8-6-4-3-5-7-11-17-12-9-10-16-17;2-1(3,4)5/h9-10,12H,1,3-8,11,13H2,2H3;/q;-1/p+1. The summed E-state index contributed by atoms with van der Waals surface area (Å²) < 4.78 is 46.1. The van der Waals surface area contributed by atoms with Crippen LogP contribution in [0.2, 0.25) is 0 Å². The lowest BCUT2D eigenvalue weighted by molar-refractivity contribution is -0.750. The van der Waals surface area contributed by atoms with Crippen molar-refractivity contribution < 1.29 is 31.5 Å². The van der Waals surface area contributed by atoms with E-state index in [1.165, 1.54) is 25.7 Å². The Hall–Kier alpha value is -1.80. The lowest BCUT2D eigenvalue weighted by Gasteiger charge is -2.03. The first-order chi connectivity index (χ1) is 11.2. The Morgan fingerprint density at radius 2 is 1.67 bits per heavy atom. The summed E-state index contributed by atoms with van der Waals surface area (Å²) in [4.78, 5) is 11.1. The van der Waals surface area contributed by atoms with Crippen LogP contribution in [-0.4, -0.2) is 24.9 Å². The fourth-order valence-electron chi connectivity index (χ4n) is 1.85. The number of aromatic nitrogens is 2. The van der Waals surface area contributed by atoms with Gasteiger partial charge in [0.15, 0.2) is 12.7 Å². The van der Waals surface area contributed by atoms with E-state index in [-0.39, 0.29) is 5.97 Å². The van der Waals surface area contributed by atoms with E-state index in [1.54, 1.807) is 6.92 Å². The van der Waals surface area contributed by atoms with Gasteiger partial charge in [0.25, 0.3) is 0 Å². The fourth-order valence-corrected chi connectivity index (χ4v) is 1.85. The van der Waals surface area contributed by atoms with E-state index >= 15 is 0 Å². The number of aryl methyl sites for hydroxylation is 1. The monoisotopic (exact) mass is 352 g/mol. The van der Waals surface area contributed by atoms with E-state index in [0.29, 0.717) is 12.2 Å². The number of aromatic amines is 1. The zero-order chi connectivity index (χ0) is 18.4. The van der Waals surface area contributed by atoms with Crippen molar-refractivity contribution in [2.45, 2.75) is 52.0 Å². The van der Waals surface area contributed by atoms with E-state index in [1.807, 2.05) is 12.3 Å². The second-order valence-electron chi connectivity index (χ2n) is 5.36. The highest BCUT2D eigenvalue weighted by Gasteiger charge is 2.20. The minimum absolute atomic E-state index is 0.275. The van der Waals surface area contributed by atoms with Crippen LogP contribution in [0.4, 0.5) is 17.3 Å². The Bertz CT molecular complexity index is 459. The van der Waals surface area contributed by atoms with Crippen molar-refractivity contribution in [3.63, 3.8) is 0 Å². The van der Waals surface area contributed by atoms with Crippen molar-refractivity contribution >= 4 is 13.2 Å². The van der Waals surface area contributed by atoms with Crippen molar-refractivity contribution in [2.75, 3.05) is 6.61 Å². The number of rotatable bonds is 10. The van der Waals surface area contributed by atoms with Crippen LogP contribution in [0.15, 0.2) is 30.6 Å². The van der Waals surface area contributed by atoms with Crippen LogP contribution >= 0.6 is 0 Å². The van der Waals surface area contributed by atoms with Crippen LogP contribution < -0.4 is 4.68 Å². The summed E-state index contributed by atoms with van der Waals surface area (Å²) in [6.45, 7) is 6.79. The number of nitrogens with one attached hydrogen (secondary N) is 1. The topological polar surface area (TPSA) is 46.0 Å². The molecule has 0 aliphatic heterocycles. The lowest BCUT2D eigenvalue weighted by atomic mass is 10.1. The number of hydrogen-bond donors (Lipinski definition) is 1. The first kappa shape index (κ1) is 22.2. The molecule has 0 aliphatic carbocycles. The average molecular weight is 352 g/mol. The van der Waals surface area contributed by atoms with E-state index < -0.39 is 7.25 Å². The number of hydrogen-bond acceptors (Lipinski definition) is 2. The molecule has 0 fully saturated rings. The predicted octanol–water partition coefficient (Wildman–Crippen LogP) is 4.06. The molecule has 1 rings (SSSR count). The maximum absolute atomic E-state index is 11.1. The molecular weight excluding hydrogens is 327 g/mol. The van der Waals surface area contributed by atoms with Gasteiger partial charge in [0.2, 0.25) is 0 Å². The van der Waals surface area contributed by atoms with Crippen LogP contribution in [0.5, 0.6) is 0 Å². The predicted molar refractivity (Wildman–Crippen MR) is 84.6 cm³/mol. The summed E-state index contributed by atoms with van der Waals surface area (Å²) in [5.74, 6) is -0.275. The Morgan fingerprint density at radius 3 is 2.17 bits per heavy atom. The Kier molecular flexibility index (Phi) is 11.7. The van der Waals surface area contributed by atoms with Crippen molar-refractivity contribution in [3.8, 4) is 0 Å². The molecule has 0 aliphatic rings. The van der Waals surface area contributed by atoms with Crippen LogP contribution in [0.3, 0.4) is 0 Å². The number of ether oxygens (including phenoxy) is 1. The van der Waals surface area contributed by atoms with Gasteiger partial charge < -0.3 is 22.0 Å². The van der Waals surface area contributed by atoms with Crippen molar-refractivity contribution in [3.05, 3.63) is 30.6 Å². The SMILES string of the molecule is C=C(C)C(=O)OCCCCCCCC[n+]1ccc[nH]1.F[B-](F)(F)F. The molecule has 0 unspecified atom stereocenters. The summed E-state index contributed by atoms with van der Waals surface area (Å²) in [7, 11) is -6.00. The number of halogens is 4. The van der Waals surface area contributed by atoms with Gasteiger partial charge in [-0.3, -0.25) is 0 Å². The molecule has 0 atom stereocenters. The average Bonchev–Trinajstić information content (AvgIpc) is 2.96. The van der Waals surface area contributed by atoms with Crippen LogP contribution in [0, 0.1) is 0 Å². The largest absolute Gasteiger partial charge is 0.673 e. The zero-order valence-electron chi connectivity index (χ0n) is 13.9. The molecule has 138 valence electrons. The second-order valence-corrected chi connectivity index (χ2v) is 5.36. The molecule has 0 spiro atoms. The van der Waals surface area contributed by atoms with Gasteiger partial charge in [-0.05, 0) is 19.8 Å². The highest BCUT2D eigenvalue weighted by Crippen LogP contribution is 2.07. The first-order valence-electron chi connectivity index (χ1n) is 7.93. The quantitative estimate of drug-likeness (QED) is 0.172. The van der Waals surface area contributed by atoms with Gasteiger partial charge in [-0.1, -0.05) is 25.8 Å². The smallest absolute Gasteiger partial charge is 0.462 e. The highest BCUT2D eigenvalue weighted by molar-refractivity contribution is 6.50. The summed E-state index contributed by atoms with van der Waals surface area (Å²) in [6.07, 6.45) is 11.0. The molecule has 24 heavy (non-hydrogen) atoms. The lowest BCUT2D eigenvalue weighted by Crippen LogP contribution is -2.34. The molecule has 4 nitrogen and oxygen atoms in total. The zero-order valence-corrected chi connectivity index (χ0v) is 13.9. The van der Waals surface area contributed by atoms with Gasteiger partial charge in [0.05, 0.1) is 12.8 Å². The maximum atomic E-state index is 11.1. The van der Waals surface area contributed by atoms with E-state index in [4.69, 9.17) is 4.74 Å². The van der Waals surface area contributed by atoms with Crippen molar-refractivity contribution in [1.29, 1.82) is 0 Å². The van der Waals surface area contributed by atoms with Crippen LogP contribution in [0.25, 0.3) is 0 Å². The normalized spacial score (nSPS) is 10.7. The molecule has 0 aromatic carbocycles.